The molecule has 0 aliphatic carbocycles. The molecule has 1 N–H and O–H groups in total. The van der Waals surface area contributed by atoms with Gasteiger partial charge in [0.2, 0.25) is 0 Å². The van der Waals surface area contributed by atoms with E-state index in [-0.39, 0.29) is 5.82 Å². The molecule has 1 heterocycles. The van der Waals surface area contributed by atoms with E-state index in [4.69, 9.17) is 9.47 Å². The summed E-state index contributed by atoms with van der Waals surface area (Å²) in [5, 5.41) is 3.32. The standard InChI is InChI=1S/C14H20FNO2/c1-17-13-4-3-12(15)11(14(13)18-2)9-10-5-7-16-8-6-10/h3-4,10,16H,5-9H2,1-2H3. The van der Waals surface area contributed by atoms with E-state index in [2.05, 4.69) is 5.32 Å². The second-order valence-corrected chi connectivity index (χ2v) is 4.66. The lowest BCUT2D eigenvalue weighted by Gasteiger charge is -2.24. The van der Waals surface area contributed by atoms with E-state index in [9.17, 15) is 4.39 Å². The van der Waals surface area contributed by atoms with Crippen LogP contribution < -0.4 is 14.8 Å². The highest BCUT2D eigenvalue weighted by atomic mass is 19.1. The van der Waals surface area contributed by atoms with Gasteiger partial charge in [0.15, 0.2) is 11.5 Å². The molecule has 0 unspecified atom stereocenters. The summed E-state index contributed by atoms with van der Waals surface area (Å²) in [6.07, 6.45) is 2.88. The number of rotatable bonds is 4. The molecule has 2 rings (SSSR count). The summed E-state index contributed by atoms with van der Waals surface area (Å²) >= 11 is 0. The summed E-state index contributed by atoms with van der Waals surface area (Å²) < 4.78 is 24.5. The Morgan fingerprint density at radius 3 is 2.56 bits per heavy atom. The van der Waals surface area contributed by atoms with Crippen LogP contribution in [0.25, 0.3) is 0 Å². The molecule has 4 heteroatoms. The van der Waals surface area contributed by atoms with Crippen LogP contribution in [0.4, 0.5) is 4.39 Å². The molecule has 0 aromatic heterocycles. The molecule has 18 heavy (non-hydrogen) atoms. The molecular formula is C14H20FNO2. The molecule has 0 atom stereocenters. The van der Waals surface area contributed by atoms with Crippen LogP contribution >= 0.6 is 0 Å². The highest BCUT2D eigenvalue weighted by molar-refractivity contribution is 5.47. The number of ether oxygens (including phenoxy) is 2. The fourth-order valence-corrected chi connectivity index (χ4v) is 2.53. The highest BCUT2D eigenvalue weighted by Gasteiger charge is 2.20. The van der Waals surface area contributed by atoms with E-state index >= 15 is 0 Å². The molecule has 0 bridgehead atoms. The average Bonchev–Trinajstić information content (AvgIpc) is 2.42. The van der Waals surface area contributed by atoms with Gasteiger partial charge in [-0.1, -0.05) is 0 Å². The van der Waals surface area contributed by atoms with E-state index < -0.39 is 0 Å². The second-order valence-electron chi connectivity index (χ2n) is 4.66. The normalized spacial score (nSPS) is 16.6. The summed E-state index contributed by atoms with van der Waals surface area (Å²) in [6.45, 7) is 2.02. The first kappa shape index (κ1) is 13.1. The lowest BCUT2D eigenvalue weighted by molar-refractivity contribution is 0.333. The molecule has 0 saturated carbocycles. The quantitative estimate of drug-likeness (QED) is 0.893. The van der Waals surface area contributed by atoms with Crippen LogP contribution in [0, 0.1) is 11.7 Å². The fraction of sp³-hybridized carbons (Fsp3) is 0.571. The van der Waals surface area contributed by atoms with Gasteiger partial charge in [0, 0.05) is 5.56 Å². The van der Waals surface area contributed by atoms with Crippen LogP contribution in [0.15, 0.2) is 12.1 Å². The van der Waals surface area contributed by atoms with E-state index in [0.717, 1.165) is 25.9 Å². The maximum atomic E-state index is 14.0. The number of methoxy groups -OCH3 is 2. The third-order valence-corrected chi connectivity index (χ3v) is 3.54. The van der Waals surface area contributed by atoms with Crippen molar-refractivity contribution in [1.82, 2.24) is 5.32 Å². The van der Waals surface area contributed by atoms with Gasteiger partial charge >= 0.3 is 0 Å². The average molecular weight is 253 g/mol. The topological polar surface area (TPSA) is 30.5 Å². The van der Waals surface area contributed by atoms with Gasteiger partial charge in [0.1, 0.15) is 5.82 Å². The number of hydrogen-bond acceptors (Lipinski definition) is 3. The molecule has 1 aromatic carbocycles. The number of benzene rings is 1. The Labute approximate surface area is 107 Å². The van der Waals surface area contributed by atoms with Gasteiger partial charge in [-0.3, -0.25) is 0 Å². The van der Waals surface area contributed by atoms with Gasteiger partial charge in [-0.05, 0) is 50.4 Å². The van der Waals surface area contributed by atoms with E-state index in [0.29, 0.717) is 29.4 Å². The van der Waals surface area contributed by atoms with Crippen LogP contribution in [0.5, 0.6) is 11.5 Å². The van der Waals surface area contributed by atoms with Crippen molar-refractivity contribution in [2.24, 2.45) is 5.92 Å². The van der Waals surface area contributed by atoms with Gasteiger partial charge in [0.25, 0.3) is 0 Å². The summed E-state index contributed by atoms with van der Waals surface area (Å²) in [7, 11) is 3.13. The van der Waals surface area contributed by atoms with Crippen molar-refractivity contribution in [2.75, 3.05) is 27.3 Å². The fourth-order valence-electron chi connectivity index (χ4n) is 2.53. The number of piperidine rings is 1. The summed E-state index contributed by atoms with van der Waals surface area (Å²) in [6, 6.07) is 3.07. The van der Waals surface area contributed by atoms with Crippen LogP contribution in [-0.4, -0.2) is 27.3 Å². The van der Waals surface area contributed by atoms with Gasteiger partial charge in [-0.15, -0.1) is 0 Å². The van der Waals surface area contributed by atoms with Crippen molar-refractivity contribution in [3.8, 4) is 11.5 Å². The predicted octanol–water partition coefficient (Wildman–Crippen LogP) is 2.39. The first-order valence-electron chi connectivity index (χ1n) is 6.36. The first-order valence-corrected chi connectivity index (χ1v) is 6.36. The largest absolute Gasteiger partial charge is 0.493 e. The highest BCUT2D eigenvalue weighted by Crippen LogP contribution is 2.35. The van der Waals surface area contributed by atoms with Crippen molar-refractivity contribution >= 4 is 0 Å². The lowest BCUT2D eigenvalue weighted by Crippen LogP contribution is -2.28. The van der Waals surface area contributed by atoms with Crippen molar-refractivity contribution < 1.29 is 13.9 Å². The van der Waals surface area contributed by atoms with Crippen molar-refractivity contribution in [3.05, 3.63) is 23.5 Å². The Bertz CT molecular complexity index is 403. The van der Waals surface area contributed by atoms with Crippen molar-refractivity contribution in [2.45, 2.75) is 19.3 Å². The van der Waals surface area contributed by atoms with Crippen LogP contribution in [0.2, 0.25) is 0 Å². The summed E-state index contributed by atoms with van der Waals surface area (Å²) in [4.78, 5) is 0. The molecule has 0 amide bonds. The molecule has 1 aliphatic heterocycles. The SMILES string of the molecule is COc1ccc(F)c(CC2CCNCC2)c1OC. The molecule has 0 spiro atoms. The minimum Gasteiger partial charge on any atom is -0.493 e. The van der Waals surface area contributed by atoms with E-state index in [1.54, 1.807) is 20.3 Å². The van der Waals surface area contributed by atoms with Crippen LogP contribution in [-0.2, 0) is 6.42 Å². The van der Waals surface area contributed by atoms with Gasteiger partial charge < -0.3 is 14.8 Å². The molecule has 100 valence electrons. The lowest BCUT2D eigenvalue weighted by atomic mass is 9.90. The van der Waals surface area contributed by atoms with Crippen molar-refractivity contribution in [3.63, 3.8) is 0 Å². The molecule has 3 nitrogen and oxygen atoms in total. The Morgan fingerprint density at radius 2 is 1.94 bits per heavy atom. The maximum absolute atomic E-state index is 14.0. The summed E-state index contributed by atoms with van der Waals surface area (Å²) in [5.74, 6) is 1.45. The minimum absolute atomic E-state index is 0.203. The molecule has 0 radical (unpaired) electrons. The zero-order valence-corrected chi connectivity index (χ0v) is 11.0. The zero-order chi connectivity index (χ0) is 13.0. The van der Waals surface area contributed by atoms with E-state index in [1.807, 2.05) is 0 Å². The van der Waals surface area contributed by atoms with E-state index in [1.165, 1.54) is 6.07 Å². The Balaban J connectivity index is 2.24. The predicted molar refractivity (Wildman–Crippen MR) is 68.8 cm³/mol. The molecular weight excluding hydrogens is 233 g/mol. The maximum Gasteiger partial charge on any atom is 0.166 e. The Kier molecular flexibility index (Phi) is 4.42. The van der Waals surface area contributed by atoms with Crippen LogP contribution in [0.3, 0.4) is 0 Å². The third-order valence-electron chi connectivity index (χ3n) is 3.54. The van der Waals surface area contributed by atoms with Crippen LogP contribution in [0.1, 0.15) is 18.4 Å². The molecule has 1 aromatic rings. The zero-order valence-electron chi connectivity index (χ0n) is 11.0. The number of nitrogens with one attached hydrogen (secondary N) is 1. The molecule has 1 fully saturated rings. The monoisotopic (exact) mass is 253 g/mol. The Morgan fingerprint density at radius 1 is 1.22 bits per heavy atom. The Hall–Kier alpha value is -1.29. The minimum atomic E-state index is -0.203. The third kappa shape index (κ3) is 2.75. The van der Waals surface area contributed by atoms with Gasteiger partial charge in [-0.25, -0.2) is 4.39 Å². The van der Waals surface area contributed by atoms with Crippen molar-refractivity contribution in [1.29, 1.82) is 0 Å². The number of hydrogen-bond donors (Lipinski definition) is 1. The first-order chi connectivity index (χ1) is 8.76. The molecule has 1 aliphatic rings. The number of halogens is 1. The summed E-state index contributed by atoms with van der Waals surface area (Å²) in [5.41, 5.74) is 0.642. The molecule has 1 saturated heterocycles. The van der Waals surface area contributed by atoms with Gasteiger partial charge in [-0.2, -0.15) is 0 Å². The van der Waals surface area contributed by atoms with Gasteiger partial charge in [0.05, 0.1) is 14.2 Å². The smallest absolute Gasteiger partial charge is 0.166 e. The second kappa shape index (κ2) is 6.05.